The quantitative estimate of drug-likeness (QED) is 0.828. The van der Waals surface area contributed by atoms with Crippen LogP contribution in [-0.2, 0) is 13.5 Å². The van der Waals surface area contributed by atoms with Crippen molar-refractivity contribution in [1.82, 2.24) is 20.1 Å². The van der Waals surface area contributed by atoms with Gasteiger partial charge < -0.3 is 10.3 Å². The zero-order valence-electron chi connectivity index (χ0n) is 10.7. The van der Waals surface area contributed by atoms with Crippen LogP contribution in [0.5, 0.6) is 0 Å². The summed E-state index contributed by atoms with van der Waals surface area (Å²) in [7, 11) is 1.97. The van der Waals surface area contributed by atoms with Crippen LogP contribution in [0.25, 0.3) is 0 Å². The zero-order valence-corrected chi connectivity index (χ0v) is 10.7. The summed E-state index contributed by atoms with van der Waals surface area (Å²) in [6.07, 6.45) is 5.02. The van der Waals surface area contributed by atoms with E-state index in [1.807, 2.05) is 24.0 Å². The van der Waals surface area contributed by atoms with E-state index in [0.29, 0.717) is 0 Å². The van der Waals surface area contributed by atoms with Crippen molar-refractivity contribution >= 4 is 0 Å². The molecule has 0 bridgehead atoms. The fourth-order valence-electron chi connectivity index (χ4n) is 2.18. The van der Waals surface area contributed by atoms with Gasteiger partial charge >= 0.3 is 0 Å². The highest BCUT2D eigenvalue weighted by atomic mass is 15.3. The Hall–Kier alpha value is -1.55. The number of hydrogen-bond donors (Lipinski definition) is 2. The minimum absolute atomic E-state index is 0.207. The van der Waals surface area contributed by atoms with Crippen molar-refractivity contribution in [2.45, 2.75) is 26.3 Å². The van der Waals surface area contributed by atoms with Gasteiger partial charge in [-0.3, -0.25) is 4.68 Å². The van der Waals surface area contributed by atoms with Crippen molar-refractivity contribution in [1.29, 1.82) is 0 Å². The molecule has 2 N–H and O–H groups in total. The van der Waals surface area contributed by atoms with Crippen LogP contribution >= 0.6 is 0 Å². The molecule has 2 aromatic rings. The summed E-state index contributed by atoms with van der Waals surface area (Å²) < 4.78 is 1.89. The first-order chi connectivity index (χ1) is 8.26. The van der Waals surface area contributed by atoms with Crippen LogP contribution in [0.1, 0.15) is 36.8 Å². The number of hydrogen-bond acceptors (Lipinski definition) is 2. The van der Waals surface area contributed by atoms with E-state index in [1.54, 1.807) is 0 Å². The Labute approximate surface area is 102 Å². The van der Waals surface area contributed by atoms with Gasteiger partial charge in [-0.25, -0.2) is 0 Å². The van der Waals surface area contributed by atoms with Gasteiger partial charge in [0.1, 0.15) is 0 Å². The molecular weight excluding hydrogens is 212 g/mol. The molecule has 0 aliphatic rings. The van der Waals surface area contributed by atoms with Gasteiger partial charge in [-0.2, -0.15) is 5.10 Å². The van der Waals surface area contributed by atoms with Crippen LogP contribution in [0.3, 0.4) is 0 Å². The third-order valence-electron chi connectivity index (χ3n) is 2.92. The molecule has 92 valence electrons. The molecule has 0 aromatic carbocycles. The second-order valence-corrected chi connectivity index (χ2v) is 4.17. The van der Waals surface area contributed by atoms with Crippen molar-refractivity contribution in [3.63, 3.8) is 0 Å². The normalized spacial score (nSPS) is 12.9. The Balaban J connectivity index is 2.38. The van der Waals surface area contributed by atoms with Crippen molar-refractivity contribution in [3.8, 4) is 0 Å². The Morgan fingerprint density at radius 2 is 2.29 bits per heavy atom. The minimum atomic E-state index is 0.207. The lowest BCUT2D eigenvalue weighted by molar-refractivity contribution is 0.613. The molecular formula is C13H20N4. The van der Waals surface area contributed by atoms with E-state index in [1.165, 1.54) is 11.3 Å². The molecule has 0 aliphatic carbocycles. The molecule has 4 nitrogen and oxygen atoms in total. The van der Waals surface area contributed by atoms with Gasteiger partial charge in [-0.1, -0.05) is 13.8 Å². The number of aromatic nitrogens is 3. The molecule has 0 aliphatic heterocycles. The van der Waals surface area contributed by atoms with E-state index in [2.05, 4.69) is 41.5 Å². The summed E-state index contributed by atoms with van der Waals surface area (Å²) in [4.78, 5) is 3.28. The second-order valence-electron chi connectivity index (χ2n) is 4.17. The molecule has 0 spiro atoms. The van der Waals surface area contributed by atoms with E-state index in [4.69, 9.17) is 0 Å². The molecule has 0 fully saturated rings. The monoisotopic (exact) mass is 232 g/mol. The highest BCUT2D eigenvalue weighted by Crippen LogP contribution is 2.23. The van der Waals surface area contributed by atoms with E-state index >= 15 is 0 Å². The standard InChI is InChI=1S/C13H20N4/c1-4-11-10(9-17(3)16-11)13(14-5-2)12-7-6-8-15-12/h6-9,13-15H,4-5H2,1-3H3. The zero-order chi connectivity index (χ0) is 12.3. The molecule has 2 aromatic heterocycles. The number of rotatable bonds is 5. The maximum Gasteiger partial charge on any atom is 0.0762 e. The summed E-state index contributed by atoms with van der Waals surface area (Å²) in [5.41, 5.74) is 3.61. The molecule has 17 heavy (non-hydrogen) atoms. The van der Waals surface area contributed by atoms with Crippen LogP contribution in [0, 0.1) is 0 Å². The number of H-pyrrole nitrogens is 1. The molecule has 4 heteroatoms. The van der Waals surface area contributed by atoms with Crippen molar-refractivity contribution in [2.75, 3.05) is 6.54 Å². The summed E-state index contributed by atoms with van der Waals surface area (Å²) in [6, 6.07) is 4.35. The summed E-state index contributed by atoms with van der Waals surface area (Å²) in [5.74, 6) is 0. The van der Waals surface area contributed by atoms with Crippen LogP contribution in [0.2, 0.25) is 0 Å². The lowest BCUT2D eigenvalue weighted by Gasteiger charge is -2.16. The summed E-state index contributed by atoms with van der Waals surface area (Å²) in [5, 5.41) is 8.01. The maximum atomic E-state index is 4.50. The van der Waals surface area contributed by atoms with E-state index in [9.17, 15) is 0 Å². The Morgan fingerprint density at radius 3 is 2.88 bits per heavy atom. The third kappa shape index (κ3) is 2.42. The van der Waals surface area contributed by atoms with Gasteiger partial charge in [0, 0.05) is 30.7 Å². The average molecular weight is 232 g/mol. The maximum absolute atomic E-state index is 4.50. The average Bonchev–Trinajstić information content (AvgIpc) is 2.94. The summed E-state index contributed by atoms with van der Waals surface area (Å²) in [6.45, 7) is 5.20. The molecule has 1 unspecified atom stereocenters. The molecule has 0 saturated heterocycles. The first-order valence-corrected chi connectivity index (χ1v) is 6.15. The van der Waals surface area contributed by atoms with Gasteiger partial charge in [-0.05, 0) is 25.1 Å². The fraction of sp³-hybridized carbons (Fsp3) is 0.462. The lowest BCUT2D eigenvalue weighted by atomic mass is 10.0. The van der Waals surface area contributed by atoms with Gasteiger partial charge in [0.2, 0.25) is 0 Å². The fourth-order valence-corrected chi connectivity index (χ4v) is 2.18. The van der Waals surface area contributed by atoms with E-state index in [-0.39, 0.29) is 6.04 Å². The highest BCUT2D eigenvalue weighted by molar-refractivity contribution is 5.29. The van der Waals surface area contributed by atoms with Gasteiger partial charge in [0.05, 0.1) is 11.7 Å². The first kappa shape index (κ1) is 11.9. The second kappa shape index (κ2) is 5.19. The molecule has 0 saturated carbocycles. The molecule has 0 radical (unpaired) electrons. The van der Waals surface area contributed by atoms with Gasteiger partial charge in [-0.15, -0.1) is 0 Å². The first-order valence-electron chi connectivity index (χ1n) is 6.15. The molecule has 1 atom stereocenters. The van der Waals surface area contributed by atoms with Crippen LogP contribution < -0.4 is 5.32 Å². The van der Waals surface area contributed by atoms with Crippen molar-refractivity contribution in [2.24, 2.45) is 7.05 Å². The van der Waals surface area contributed by atoms with Crippen LogP contribution in [-0.4, -0.2) is 21.3 Å². The van der Waals surface area contributed by atoms with E-state index < -0.39 is 0 Å². The number of aromatic amines is 1. The van der Waals surface area contributed by atoms with Gasteiger partial charge in [0.15, 0.2) is 0 Å². The molecule has 2 heterocycles. The number of aryl methyl sites for hydroxylation is 2. The largest absolute Gasteiger partial charge is 0.363 e. The van der Waals surface area contributed by atoms with Crippen LogP contribution in [0.4, 0.5) is 0 Å². The Morgan fingerprint density at radius 1 is 1.47 bits per heavy atom. The van der Waals surface area contributed by atoms with E-state index in [0.717, 1.165) is 18.7 Å². The Bertz CT molecular complexity index is 456. The smallest absolute Gasteiger partial charge is 0.0762 e. The van der Waals surface area contributed by atoms with Crippen molar-refractivity contribution in [3.05, 3.63) is 41.5 Å². The van der Waals surface area contributed by atoms with Gasteiger partial charge in [0.25, 0.3) is 0 Å². The Kier molecular flexibility index (Phi) is 3.64. The molecule has 2 rings (SSSR count). The summed E-state index contributed by atoms with van der Waals surface area (Å²) >= 11 is 0. The number of nitrogens with one attached hydrogen (secondary N) is 2. The number of nitrogens with zero attached hydrogens (tertiary/aromatic N) is 2. The SMILES string of the molecule is CCNC(c1ccc[nH]1)c1cn(C)nc1CC. The third-order valence-corrected chi connectivity index (χ3v) is 2.92. The van der Waals surface area contributed by atoms with Crippen molar-refractivity contribution < 1.29 is 0 Å². The molecule has 0 amide bonds. The minimum Gasteiger partial charge on any atom is -0.363 e. The highest BCUT2D eigenvalue weighted by Gasteiger charge is 2.19. The topological polar surface area (TPSA) is 45.6 Å². The lowest BCUT2D eigenvalue weighted by Crippen LogP contribution is -2.22. The van der Waals surface area contributed by atoms with Crippen LogP contribution in [0.15, 0.2) is 24.5 Å². The predicted molar refractivity (Wildman–Crippen MR) is 68.9 cm³/mol. The predicted octanol–water partition coefficient (Wildman–Crippen LogP) is 2.01.